The van der Waals surface area contributed by atoms with Crippen molar-refractivity contribution in [3.63, 3.8) is 0 Å². The minimum atomic E-state index is -0.240. The van der Waals surface area contributed by atoms with Crippen LogP contribution in [0.5, 0.6) is 0 Å². The first kappa shape index (κ1) is 11.6. The van der Waals surface area contributed by atoms with Crippen LogP contribution in [0.15, 0.2) is 48.8 Å². The Morgan fingerprint density at radius 3 is 2.10 bits per heavy atom. The molecular weight excluding hydrogens is 275 g/mol. The van der Waals surface area contributed by atoms with E-state index < -0.39 is 0 Å². The van der Waals surface area contributed by atoms with Crippen molar-refractivity contribution in [3.05, 3.63) is 59.6 Å². The molecule has 98 valence electrons. The summed E-state index contributed by atoms with van der Waals surface area (Å²) >= 11 is 6.07. The molecule has 0 fully saturated rings. The Balaban J connectivity index is 2.06. The third kappa shape index (κ3) is 1.63. The van der Waals surface area contributed by atoms with E-state index in [1.54, 1.807) is 12.1 Å². The van der Waals surface area contributed by atoms with Crippen LogP contribution in [0.3, 0.4) is 0 Å². The zero-order valence-electron chi connectivity index (χ0n) is 10.4. The molecule has 2 heterocycles. The highest BCUT2D eigenvalue weighted by Crippen LogP contribution is 2.35. The third-order valence-electron chi connectivity index (χ3n) is 3.58. The highest BCUT2D eigenvalue weighted by Gasteiger charge is 2.11. The van der Waals surface area contributed by atoms with E-state index in [9.17, 15) is 4.39 Å². The minimum absolute atomic E-state index is 0.240. The SMILES string of the molecule is Fc1ccc2[nH]cc(-c3c[nH]c4ccc(Cl)cc34)c2c1. The monoisotopic (exact) mass is 284 g/mol. The van der Waals surface area contributed by atoms with E-state index >= 15 is 0 Å². The first-order chi connectivity index (χ1) is 9.72. The summed E-state index contributed by atoms with van der Waals surface area (Å²) in [6.45, 7) is 0. The molecule has 0 amide bonds. The average molecular weight is 285 g/mol. The number of hydrogen-bond donors (Lipinski definition) is 2. The van der Waals surface area contributed by atoms with Gasteiger partial charge in [-0.15, -0.1) is 0 Å². The molecule has 20 heavy (non-hydrogen) atoms. The lowest BCUT2D eigenvalue weighted by molar-refractivity contribution is 0.630. The van der Waals surface area contributed by atoms with Gasteiger partial charge in [-0.3, -0.25) is 0 Å². The maximum absolute atomic E-state index is 13.5. The van der Waals surface area contributed by atoms with Crippen molar-refractivity contribution < 1.29 is 4.39 Å². The predicted octanol–water partition coefficient (Wildman–Crippen LogP) is 5.11. The van der Waals surface area contributed by atoms with E-state index in [0.717, 1.165) is 32.9 Å². The van der Waals surface area contributed by atoms with Gasteiger partial charge in [-0.25, -0.2) is 4.39 Å². The fraction of sp³-hybridized carbons (Fsp3) is 0. The van der Waals surface area contributed by atoms with Gasteiger partial charge < -0.3 is 9.97 Å². The van der Waals surface area contributed by atoms with E-state index in [1.165, 1.54) is 6.07 Å². The molecule has 0 unspecified atom stereocenters. The number of rotatable bonds is 1. The van der Waals surface area contributed by atoms with Crippen molar-refractivity contribution in [1.29, 1.82) is 0 Å². The summed E-state index contributed by atoms with van der Waals surface area (Å²) in [4.78, 5) is 6.39. The lowest BCUT2D eigenvalue weighted by Gasteiger charge is -1.99. The van der Waals surface area contributed by atoms with Crippen LogP contribution >= 0.6 is 11.6 Å². The highest BCUT2D eigenvalue weighted by atomic mass is 35.5. The number of benzene rings is 2. The molecule has 0 aliphatic heterocycles. The van der Waals surface area contributed by atoms with Gasteiger partial charge in [0, 0.05) is 50.3 Å². The quantitative estimate of drug-likeness (QED) is 0.487. The minimum Gasteiger partial charge on any atom is -0.361 e. The zero-order valence-corrected chi connectivity index (χ0v) is 11.1. The molecule has 4 rings (SSSR count). The molecule has 2 aromatic heterocycles. The van der Waals surface area contributed by atoms with Crippen LogP contribution in [0.2, 0.25) is 5.02 Å². The lowest BCUT2D eigenvalue weighted by atomic mass is 10.0. The summed E-state index contributed by atoms with van der Waals surface area (Å²) in [5.74, 6) is -0.240. The summed E-state index contributed by atoms with van der Waals surface area (Å²) in [6, 6.07) is 10.5. The van der Waals surface area contributed by atoms with E-state index in [-0.39, 0.29) is 5.82 Å². The van der Waals surface area contributed by atoms with E-state index in [2.05, 4.69) is 9.97 Å². The standard InChI is InChI=1S/C16H10ClFN2/c17-9-1-3-15-11(5-9)13(7-19-15)14-8-20-16-4-2-10(18)6-12(14)16/h1-8,19-20H. The molecule has 0 radical (unpaired) electrons. The molecule has 0 saturated heterocycles. The molecule has 2 nitrogen and oxygen atoms in total. The van der Waals surface area contributed by atoms with Crippen molar-refractivity contribution in [2.45, 2.75) is 0 Å². The molecule has 4 aromatic rings. The van der Waals surface area contributed by atoms with Gasteiger partial charge >= 0.3 is 0 Å². The van der Waals surface area contributed by atoms with Crippen LogP contribution in [0.25, 0.3) is 32.9 Å². The number of H-pyrrole nitrogens is 2. The number of fused-ring (bicyclic) bond motifs is 2. The van der Waals surface area contributed by atoms with Crippen molar-refractivity contribution >= 4 is 33.4 Å². The second kappa shape index (κ2) is 4.12. The topological polar surface area (TPSA) is 31.6 Å². The molecule has 0 aliphatic rings. The Hall–Kier alpha value is -2.26. The van der Waals surface area contributed by atoms with Crippen molar-refractivity contribution in [2.75, 3.05) is 0 Å². The maximum atomic E-state index is 13.5. The summed E-state index contributed by atoms with van der Waals surface area (Å²) in [5.41, 5.74) is 3.90. The Morgan fingerprint density at radius 2 is 1.40 bits per heavy atom. The fourth-order valence-electron chi connectivity index (χ4n) is 2.63. The fourth-order valence-corrected chi connectivity index (χ4v) is 2.80. The third-order valence-corrected chi connectivity index (χ3v) is 3.81. The molecule has 0 saturated carbocycles. The molecule has 0 bridgehead atoms. The van der Waals surface area contributed by atoms with Crippen molar-refractivity contribution in [3.8, 4) is 11.1 Å². The van der Waals surface area contributed by atoms with E-state index in [0.29, 0.717) is 5.02 Å². The Labute approximate surface area is 119 Å². The first-order valence-electron chi connectivity index (χ1n) is 6.26. The first-order valence-corrected chi connectivity index (χ1v) is 6.64. The second-order valence-corrected chi connectivity index (χ2v) is 5.22. The van der Waals surface area contributed by atoms with Crippen LogP contribution in [-0.2, 0) is 0 Å². The van der Waals surface area contributed by atoms with Crippen molar-refractivity contribution in [2.24, 2.45) is 0 Å². The number of aromatic nitrogens is 2. The number of nitrogens with one attached hydrogen (secondary N) is 2. The predicted molar refractivity (Wildman–Crippen MR) is 80.6 cm³/mol. The number of hydrogen-bond acceptors (Lipinski definition) is 0. The van der Waals surface area contributed by atoms with Gasteiger partial charge in [0.05, 0.1) is 0 Å². The summed E-state index contributed by atoms with van der Waals surface area (Å²) in [5, 5.41) is 2.58. The van der Waals surface area contributed by atoms with Gasteiger partial charge in [0.25, 0.3) is 0 Å². The van der Waals surface area contributed by atoms with Gasteiger partial charge in [0.2, 0.25) is 0 Å². The van der Waals surface area contributed by atoms with Crippen LogP contribution in [0, 0.1) is 5.82 Å². The largest absolute Gasteiger partial charge is 0.361 e. The van der Waals surface area contributed by atoms with Crippen molar-refractivity contribution in [1.82, 2.24) is 9.97 Å². The van der Waals surface area contributed by atoms with Crippen LogP contribution < -0.4 is 0 Å². The van der Waals surface area contributed by atoms with Crippen LogP contribution in [0.1, 0.15) is 0 Å². The van der Waals surface area contributed by atoms with E-state index in [4.69, 9.17) is 11.6 Å². The zero-order chi connectivity index (χ0) is 13.7. The molecule has 2 N–H and O–H groups in total. The summed E-state index contributed by atoms with van der Waals surface area (Å²) in [7, 11) is 0. The Morgan fingerprint density at radius 1 is 0.800 bits per heavy atom. The summed E-state index contributed by atoms with van der Waals surface area (Å²) < 4.78 is 13.5. The van der Waals surface area contributed by atoms with Gasteiger partial charge in [-0.1, -0.05) is 11.6 Å². The van der Waals surface area contributed by atoms with Gasteiger partial charge in [-0.05, 0) is 36.4 Å². The maximum Gasteiger partial charge on any atom is 0.123 e. The normalized spacial score (nSPS) is 11.5. The molecule has 0 aliphatic carbocycles. The Bertz CT molecular complexity index is 858. The molecular formula is C16H10ClFN2. The average Bonchev–Trinajstić information content (AvgIpc) is 3.01. The molecule has 2 aromatic carbocycles. The van der Waals surface area contributed by atoms with E-state index in [1.807, 2.05) is 30.6 Å². The molecule has 4 heteroatoms. The van der Waals surface area contributed by atoms with Crippen LogP contribution in [-0.4, -0.2) is 9.97 Å². The Kier molecular flexibility index (Phi) is 2.38. The summed E-state index contributed by atoms with van der Waals surface area (Å²) in [6.07, 6.45) is 3.82. The lowest BCUT2D eigenvalue weighted by Crippen LogP contribution is -1.76. The molecule has 0 atom stereocenters. The second-order valence-electron chi connectivity index (χ2n) is 4.78. The van der Waals surface area contributed by atoms with Crippen LogP contribution in [0.4, 0.5) is 4.39 Å². The smallest absolute Gasteiger partial charge is 0.123 e. The van der Waals surface area contributed by atoms with Gasteiger partial charge in [0.1, 0.15) is 5.82 Å². The van der Waals surface area contributed by atoms with Gasteiger partial charge in [0.15, 0.2) is 0 Å². The number of halogens is 2. The highest BCUT2D eigenvalue weighted by molar-refractivity contribution is 6.31. The number of aromatic amines is 2. The van der Waals surface area contributed by atoms with Gasteiger partial charge in [-0.2, -0.15) is 0 Å². The molecule has 0 spiro atoms.